The highest BCUT2D eigenvalue weighted by Gasteiger charge is 2.27. The summed E-state index contributed by atoms with van der Waals surface area (Å²) in [5, 5.41) is 4.09. The van der Waals surface area contributed by atoms with Crippen molar-refractivity contribution in [2.24, 2.45) is 5.92 Å². The Balaban J connectivity index is 1.90. The van der Waals surface area contributed by atoms with Gasteiger partial charge in [0.2, 0.25) is 15.0 Å². The van der Waals surface area contributed by atoms with E-state index in [1.807, 2.05) is 48.7 Å². The van der Waals surface area contributed by atoms with Gasteiger partial charge in [-0.1, -0.05) is 44.2 Å². The van der Waals surface area contributed by atoms with Crippen LogP contribution >= 0.6 is 12.2 Å². The number of sulfone groups is 1. The maximum Gasteiger partial charge on any atom is 0.228 e. The first-order valence-corrected chi connectivity index (χ1v) is 13.7. The van der Waals surface area contributed by atoms with Gasteiger partial charge in [-0.3, -0.25) is 0 Å². The molecule has 182 valence electrons. The van der Waals surface area contributed by atoms with Gasteiger partial charge < -0.3 is 19.5 Å². The lowest BCUT2D eigenvalue weighted by atomic mass is 10.2. The van der Waals surface area contributed by atoms with Crippen LogP contribution in [0.25, 0.3) is 0 Å². The fraction of sp³-hybridized carbons (Fsp3) is 0.583. The number of nitrogens with zero attached hydrogens (tertiary/aromatic N) is 3. The zero-order chi connectivity index (χ0) is 24.0. The summed E-state index contributed by atoms with van der Waals surface area (Å²) in [6, 6.07) is 9.43. The minimum absolute atomic E-state index is 0.0741. The molecule has 2 heterocycles. The second-order valence-corrected chi connectivity index (χ2v) is 11.7. The summed E-state index contributed by atoms with van der Waals surface area (Å²) in [6.07, 6.45) is 3.86. The van der Waals surface area contributed by atoms with E-state index in [1.54, 1.807) is 6.20 Å². The lowest BCUT2D eigenvalue weighted by molar-refractivity contribution is 0.0891. The highest BCUT2D eigenvalue weighted by molar-refractivity contribution is 7.90. The maximum absolute atomic E-state index is 13.3. The first kappa shape index (κ1) is 25.6. The largest absolute Gasteiger partial charge is 0.376 e. The maximum atomic E-state index is 13.3. The normalized spacial score (nSPS) is 16.5. The molecule has 0 radical (unpaired) electrons. The number of ether oxygens (including phenoxy) is 1. The highest BCUT2D eigenvalue weighted by Crippen LogP contribution is 2.21. The van der Waals surface area contributed by atoms with E-state index in [1.165, 1.54) is 0 Å². The Morgan fingerprint density at radius 3 is 2.61 bits per heavy atom. The number of thiocarbonyl (C=S) groups is 1. The molecule has 2 aromatic rings. The molecule has 0 bridgehead atoms. The predicted octanol–water partition coefficient (Wildman–Crippen LogP) is 3.78. The molecule has 0 aliphatic carbocycles. The van der Waals surface area contributed by atoms with Crippen LogP contribution in [0.3, 0.4) is 0 Å². The standard InChI is InChI=1S/C24H36N4O3S2/c1-18(2)14-28-21(13-25-24(28)33(29,30)17-20-9-6-5-7-10-20)15-27(23(32)26-19(3)4)16-22-11-8-12-31-22/h5-7,9-10,13,18-19,22H,8,11-12,14-17H2,1-4H3,(H,26,32)/t22-/m1/s1. The lowest BCUT2D eigenvalue weighted by Crippen LogP contribution is -2.45. The van der Waals surface area contributed by atoms with Gasteiger partial charge in [-0.25, -0.2) is 13.4 Å². The average Bonchev–Trinajstić information content (AvgIpc) is 3.37. The van der Waals surface area contributed by atoms with Crippen LogP contribution in [0.4, 0.5) is 0 Å². The van der Waals surface area contributed by atoms with Crippen LogP contribution in [0, 0.1) is 5.92 Å². The third-order valence-electron chi connectivity index (χ3n) is 5.43. The Bertz CT molecular complexity index is 1010. The van der Waals surface area contributed by atoms with Crippen LogP contribution in [0.1, 0.15) is 51.8 Å². The number of aromatic nitrogens is 2. The van der Waals surface area contributed by atoms with Crippen LogP contribution in [-0.4, -0.2) is 53.3 Å². The lowest BCUT2D eigenvalue weighted by Gasteiger charge is -2.30. The molecule has 3 rings (SSSR count). The molecule has 1 aliphatic heterocycles. The Morgan fingerprint density at radius 2 is 2.00 bits per heavy atom. The Labute approximate surface area is 203 Å². The van der Waals surface area contributed by atoms with Crippen molar-refractivity contribution in [1.82, 2.24) is 19.8 Å². The Morgan fingerprint density at radius 1 is 1.27 bits per heavy atom. The van der Waals surface area contributed by atoms with Gasteiger partial charge in [-0.15, -0.1) is 0 Å². The van der Waals surface area contributed by atoms with Crippen LogP contribution in [-0.2, 0) is 33.4 Å². The number of benzene rings is 1. The fourth-order valence-electron chi connectivity index (χ4n) is 3.97. The molecule has 0 spiro atoms. The van der Waals surface area contributed by atoms with Gasteiger partial charge in [0.15, 0.2) is 5.11 Å². The van der Waals surface area contributed by atoms with E-state index in [4.69, 9.17) is 17.0 Å². The summed E-state index contributed by atoms with van der Waals surface area (Å²) in [5.41, 5.74) is 1.58. The minimum atomic E-state index is -3.61. The van der Waals surface area contributed by atoms with Crippen LogP contribution in [0.2, 0.25) is 0 Å². The van der Waals surface area contributed by atoms with Gasteiger partial charge in [-0.2, -0.15) is 0 Å². The molecule has 1 saturated heterocycles. The summed E-state index contributed by atoms with van der Waals surface area (Å²) in [7, 11) is -3.61. The highest BCUT2D eigenvalue weighted by atomic mass is 32.2. The molecule has 1 N–H and O–H groups in total. The molecule has 0 saturated carbocycles. The van der Waals surface area contributed by atoms with Crippen molar-refractivity contribution in [3.63, 3.8) is 0 Å². The van der Waals surface area contributed by atoms with E-state index < -0.39 is 9.84 Å². The smallest absolute Gasteiger partial charge is 0.228 e. The first-order valence-electron chi connectivity index (χ1n) is 11.6. The van der Waals surface area contributed by atoms with Crippen molar-refractivity contribution in [3.8, 4) is 0 Å². The third-order valence-corrected chi connectivity index (χ3v) is 7.40. The molecule has 7 nitrogen and oxygen atoms in total. The summed E-state index contributed by atoms with van der Waals surface area (Å²) in [5.74, 6) is 0.186. The van der Waals surface area contributed by atoms with Crippen LogP contribution < -0.4 is 5.32 Å². The second kappa shape index (κ2) is 11.4. The number of rotatable bonds is 10. The van der Waals surface area contributed by atoms with Gasteiger partial charge in [0.1, 0.15) is 0 Å². The Kier molecular flexibility index (Phi) is 8.89. The zero-order valence-corrected chi connectivity index (χ0v) is 21.7. The van der Waals surface area contributed by atoms with E-state index in [-0.39, 0.29) is 29.0 Å². The molecular formula is C24H36N4O3S2. The van der Waals surface area contributed by atoms with Gasteiger partial charge in [0.05, 0.1) is 30.3 Å². The Hall–Kier alpha value is -1.97. The number of hydrogen-bond acceptors (Lipinski definition) is 5. The average molecular weight is 493 g/mol. The monoisotopic (exact) mass is 492 g/mol. The number of hydrogen-bond donors (Lipinski definition) is 1. The fourth-order valence-corrected chi connectivity index (χ4v) is 5.85. The summed E-state index contributed by atoms with van der Waals surface area (Å²) in [6.45, 7) is 10.7. The molecule has 1 aromatic heterocycles. The zero-order valence-electron chi connectivity index (χ0n) is 20.0. The third kappa shape index (κ3) is 7.25. The summed E-state index contributed by atoms with van der Waals surface area (Å²) in [4.78, 5) is 6.47. The van der Waals surface area contributed by atoms with E-state index in [0.717, 1.165) is 30.7 Å². The quantitative estimate of drug-likeness (QED) is 0.506. The molecule has 0 unspecified atom stereocenters. The number of imidazole rings is 1. The van der Waals surface area contributed by atoms with E-state index in [9.17, 15) is 8.42 Å². The van der Waals surface area contributed by atoms with Crippen molar-refractivity contribution in [2.75, 3.05) is 13.2 Å². The molecule has 1 aromatic carbocycles. The van der Waals surface area contributed by atoms with Gasteiger partial charge in [0, 0.05) is 25.7 Å². The molecule has 33 heavy (non-hydrogen) atoms. The molecule has 1 fully saturated rings. The van der Waals surface area contributed by atoms with Crippen LogP contribution in [0.5, 0.6) is 0 Å². The summed E-state index contributed by atoms with van der Waals surface area (Å²) < 4.78 is 34.3. The van der Waals surface area contributed by atoms with Crippen molar-refractivity contribution in [1.29, 1.82) is 0 Å². The molecule has 1 atom stereocenters. The summed E-state index contributed by atoms with van der Waals surface area (Å²) >= 11 is 5.69. The van der Waals surface area contributed by atoms with E-state index >= 15 is 0 Å². The predicted molar refractivity (Wildman–Crippen MR) is 135 cm³/mol. The van der Waals surface area contributed by atoms with Crippen molar-refractivity contribution < 1.29 is 13.2 Å². The van der Waals surface area contributed by atoms with Crippen molar-refractivity contribution >= 4 is 27.2 Å². The van der Waals surface area contributed by atoms with Gasteiger partial charge in [-0.05, 0) is 50.4 Å². The van der Waals surface area contributed by atoms with E-state index in [2.05, 4.69) is 29.0 Å². The van der Waals surface area contributed by atoms with E-state index in [0.29, 0.717) is 24.7 Å². The second-order valence-electron chi connectivity index (χ2n) is 9.40. The number of nitrogens with one attached hydrogen (secondary N) is 1. The molecular weight excluding hydrogens is 456 g/mol. The molecule has 0 amide bonds. The van der Waals surface area contributed by atoms with Crippen LogP contribution in [0.15, 0.2) is 41.7 Å². The topological polar surface area (TPSA) is 76.5 Å². The minimum Gasteiger partial charge on any atom is -0.376 e. The molecule has 9 heteroatoms. The van der Waals surface area contributed by atoms with Gasteiger partial charge >= 0.3 is 0 Å². The van der Waals surface area contributed by atoms with Crippen molar-refractivity contribution in [2.45, 2.75) is 76.7 Å². The van der Waals surface area contributed by atoms with Crippen molar-refractivity contribution in [3.05, 3.63) is 47.8 Å². The van der Waals surface area contributed by atoms with Gasteiger partial charge in [0.25, 0.3) is 0 Å². The SMILES string of the molecule is CC(C)Cn1c(CN(C[C@H]2CCCO2)C(=S)NC(C)C)cnc1S(=O)(=O)Cc1ccccc1. The first-order chi connectivity index (χ1) is 15.7. The molecule has 1 aliphatic rings.